The quantitative estimate of drug-likeness (QED) is 0.583. The molecule has 0 radical (unpaired) electrons. The van der Waals surface area contributed by atoms with Crippen LogP contribution in [0.5, 0.6) is 0 Å². The molecule has 0 fully saturated rings. The normalized spacial score (nSPS) is 11.2. The van der Waals surface area contributed by atoms with Gasteiger partial charge >= 0.3 is 0 Å². The molecule has 0 saturated heterocycles. The highest BCUT2D eigenvalue weighted by atomic mass is 35.5. The van der Waals surface area contributed by atoms with Gasteiger partial charge in [0.15, 0.2) is 0 Å². The molecule has 3 rings (SSSR count). The van der Waals surface area contributed by atoms with Crippen molar-refractivity contribution in [1.29, 1.82) is 0 Å². The lowest BCUT2D eigenvalue weighted by Gasteiger charge is -1.99. The molecule has 4 nitrogen and oxygen atoms in total. The van der Waals surface area contributed by atoms with Crippen molar-refractivity contribution in [1.82, 2.24) is 9.99 Å². The summed E-state index contributed by atoms with van der Waals surface area (Å²) in [5.74, 6) is -0.250. The Balaban J connectivity index is 1.81. The smallest absolute Gasteiger partial charge is 0.273 e. The molecule has 5 heteroatoms. The van der Waals surface area contributed by atoms with Gasteiger partial charge in [0.2, 0.25) is 0 Å². The van der Waals surface area contributed by atoms with Crippen LogP contribution in [-0.2, 0) is 7.05 Å². The zero-order valence-corrected chi connectivity index (χ0v) is 12.7. The van der Waals surface area contributed by atoms with Crippen molar-refractivity contribution < 1.29 is 4.79 Å². The SMILES string of the molecule is Cn1cc(C(=O)NN=Cc2ccccc2Cl)c2ccccc21. The average molecular weight is 312 g/mol. The summed E-state index contributed by atoms with van der Waals surface area (Å²) in [5.41, 5.74) is 4.89. The fraction of sp³-hybridized carbons (Fsp3) is 0.0588. The van der Waals surface area contributed by atoms with Gasteiger partial charge in [-0.1, -0.05) is 48.0 Å². The number of para-hydroxylation sites is 1. The maximum Gasteiger partial charge on any atom is 0.273 e. The molecule has 0 spiro atoms. The number of carbonyl (C=O) groups is 1. The molecule has 110 valence electrons. The summed E-state index contributed by atoms with van der Waals surface area (Å²) < 4.78 is 1.92. The number of aromatic nitrogens is 1. The maximum absolute atomic E-state index is 12.3. The van der Waals surface area contributed by atoms with E-state index in [9.17, 15) is 4.79 Å². The third-order valence-electron chi connectivity index (χ3n) is 3.42. The number of carbonyl (C=O) groups excluding carboxylic acids is 1. The molecule has 1 amide bonds. The fourth-order valence-electron chi connectivity index (χ4n) is 2.32. The van der Waals surface area contributed by atoms with E-state index >= 15 is 0 Å². The molecule has 3 aromatic rings. The van der Waals surface area contributed by atoms with Crippen molar-refractivity contribution in [2.24, 2.45) is 12.1 Å². The second-order valence-corrected chi connectivity index (χ2v) is 5.30. The molecule has 2 aromatic carbocycles. The van der Waals surface area contributed by atoms with Gasteiger partial charge < -0.3 is 4.57 Å². The molecule has 1 aromatic heterocycles. The van der Waals surface area contributed by atoms with Crippen LogP contribution in [0.2, 0.25) is 5.02 Å². The number of benzene rings is 2. The third-order valence-corrected chi connectivity index (χ3v) is 3.76. The zero-order valence-electron chi connectivity index (χ0n) is 12.0. The third kappa shape index (κ3) is 2.73. The lowest BCUT2D eigenvalue weighted by molar-refractivity contribution is 0.0956. The molecule has 0 aliphatic rings. The Morgan fingerprint density at radius 1 is 1.18 bits per heavy atom. The fourth-order valence-corrected chi connectivity index (χ4v) is 2.51. The standard InChI is InChI=1S/C17H14ClN3O/c1-21-11-14(13-7-3-5-9-16(13)21)17(22)20-19-10-12-6-2-4-8-15(12)18/h2-11H,1H3,(H,20,22). The highest BCUT2D eigenvalue weighted by Crippen LogP contribution is 2.20. The monoisotopic (exact) mass is 311 g/mol. The molecule has 22 heavy (non-hydrogen) atoms. The van der Waals surface area contributed by atoms with Crippen LogP contribution in [0.3, 0.4) is 0 Å². The summed E-state index contributed by atoms with van der Waals surface area (Å²) in [6.45, 7) is 0. The molecule has 1 heterocycles. The van der Waals surface area contributed by atoms with Crippen LogP contribution in [0.1, 0.15) is 15.9 Å². The molecule has 0 bridgehead atoms. The first-order valence-corrected chi connectivity index (χ1v) is 7.16. The van der Waals surface area contributed by atoms with Crippen molar-refractivity contribution >= 4 is 34.6 Å². The van der Waals surface area contributed by atoms with Gasteiger partial charge in [-0.15, -0.1) is 0 Å². The zero-order chi connectivity index (χ0) is 15.5. The number of hydrogen-bond donors (Lipinski definition) is 1. The molecule has 0 atom stereocenters. The summed E-state index contributed by atoms with van der Waals surface area (Å²) in [5, 5.41) is 5.46. The van der Waals surface area contributed by atoms with Gasteiger partial charge in [-0.2, -0.15) is 5.10 Å². The Morgan fingerprint density at radius 2 is 1.91 bits per heavy atom. The second kappa shape index (κ2) is 6.03. The van der Waals surface area contributed by atoms with Gasteiger partial charge in [0, 0.05) is 34.7 Å². The first-order chi connectivity index (χ1) is 10.7. The van der Waals surface area contributed by atoms with Gasteiger partial charge in [-0.25, -0.2) is 5.43 Å². The van der Waals surface area contributed by atoms with Crippen LogP contribution >= 0.6 is 11.6 Å². The topological polar surface area (TPSA) is 46.4 Å². The minimum atomic E-state index is -0.250. The van der Waals surface area contributed by atoms with E-state index in [0.29, 0.717) is 10.6 Å². The van der Waals surface area contributed by atoms with Crippen LogP contribution in [0.25, 0.3) is 10.9 Å². The highest BCUT2D eigenvalue weighted by Gasteiger charge is 2.12. The van der Waals surface area contributed by atoms with Crippen molar-refractivity contribution in [2.75, 3.05) is 0 Å². The van der Waals surface area contributed by atoms with E-state index in [1.54, 1.807) is 12.3 Å². The number of fused-ring (bicyclic) bond motifs is 1. The average Bonchev–Trinajstić information content (AvgIpc) is 2.87. The van der Waals surface area contributed by atoms with Crippen molar-refractivity contribution in [3.63, 3.8) is 0 Å². The summed E-state index contributed by atoms with van der Waals surface area (Å²) in [4.78, 5) is 12.3. The van der Waals surface area contributed by atoms with Gasteiger partial charge in [-0.05, 0) is 12.1 Å². The number of aryl methyl sites for hydroxylation is 1. The molecule has 0 aliphatic heterocycles. The molecule has 0 saturated carbocycles. The van der Waals surface area contributed by atoms with E-state index in [1.807, 2.05) is 54.1 Å². The number of nitrogens with one attached hydrogen (secondary N) is 1. The van der Waals surface area contributed by atoms with Gasteiger partial charge in [0.25, 0.3) is 5.91 Å². The van der Waals surface area contributed by atoms with E-state index in [-0.39, 0.29) is 5.91 Å². The lowest BCUT2D eigenvalue weighted by atomic mass is 10.2. The Kier molecular flexibility index (Phi) is 3.94. The first kappa shape index (κ1) is 14.4. The minimum Gasteiger partial charge on any atom is -0.350 e. The van der Waals surface area contributed by atoms with Crippen LogP contribution in [0.15, 0.2) is 59.8 Å². The summed E-state index contributed by atoms with van der Waals surface area (Å²) in [6.07, 6.45) is 3.33. The van der Waals surface area contributed by atoms with Crippen LogP contribution in [0.4, 0.5) is 0 Å². The van der Waals surface area contributed by atoms with Crippen molar-refractivity contribution in [3.8, 4) is 0 Å². The van der Waals surface area contributed by atoms with Crippen molar-refractivity contribution in [3.05, 3.63) is 70.9 Å². The largest absolute Gasteiger partial charge is 0.350 e. The second-order valence-electron chi connectivity index (χ2n) is 4.89. The Hall–Kier alpha value is -2.59. The summed E-state index contributed by atoms with van der Waals surface area (Å²) >= 11 is 6.03. The molecular weight excluding hydrogens is 298 g/mol. The maximum atomic E-state index is 12.3. The lowest BCUT2D eigenvalue weighted by Crippen LogP contribution is -2.17. The summed E-state index contributed by atoms with van der Waals surface area (Å²) in [7, 11) is 1.91. The predicted octanol–water partition coefficient (Wildman–Crippen LogP) is 3.60. The molecular formula is C17H14ClN3O. The molecule has 0 unspecified atom stereocenters. The molecule has 0 aliphatic carbocycles. The van der Waals surface area contributed by atoms with E-state index in [2.05, 4.69) is 10.5 Å². The van der Waals surface area contributed by atoms with Crippen molar-refractivity contribution in [2.45, 2.75) is 0 Å². The van der Waals surface area contributed by atoms with Gasteiger partial charge in [0.05, 0.1) is 11.8 Å². The number of halogens is 1. The number of rotatable bonds is 3. The Labute approximate surface area is 133 Å². The van der Waals surface area contributed by atoms with E-state index < -0.39 is 0 Å². The highest BCUT2D eigenvalue weighted by molar-refractivity contribution is 6.33. The van der Waals surface area contributed by atoms with E-state index in [1.165, 1.54) is 6.21 Å². The van der Waals surface area contributed by atoms with E-state index in [0.717, 1.165) is 16.5 Å². The minimum absolute atomic E-state index is 0.250. The Morgan fingerprint density at radius 3 is 2.73 bits per heavy atom. The summed E-state index contributed by atoms with van der Waals surface area (Å²) in [6, 6.07) is 15.0. The number of hydrogen-bond acceptors (Lipinski definition) is 2. The van der Waals surface area contributed by atoms with Gasteiger partial charge in [0.1, 0.15) is 0 Å². The number of nitrogens with zero attached hydrogens (tertiary/aromatic N) is 2. The first-order valence-electron chi connectivity index (χ1n) is 6.79. The van der Waals surface area contributed by atoms with E-state index in [4.69, 9.17) is 11.6 Å². The van der Waals surface area contributed by atoms with Gasteiger partial charge in [-0.3, -0.25) is 4.79 Å². The molecule has 1 N–H and O–H groups in total. The van der Waals surface area contributed by atoms with Crippen LogP contribution < -0.4 is 5.43 Å². The Bertz CT molecular complexity index is 867. The van der Waals surface area contributed by atoms with Crippen LogP contribution in [-0.4, -0.2) is 16.7 Å². The predicted molar refractivity (Wildman–Crippen MR) is 89.4 cm³/mol. The van der Waals surface area contributed by atoms with Crippen LogP contribution in [0, 0.1) is 0 Å². The number of hydrazone groups is 1. The number of amides is 1.